The van der Waals surface area contributed by atoms with Crippen LogP contribution >= 0.6 is 0 Å². The van der Waals surface area contributed by atoms with Crippen molar-refractivity contribution in [2.45, 2.75) is 31.9 Å². The van der Waals surface area contributed by atoms with E-state index in [1.807, 2.05) is 0 Å². The third kappa shape index (κ3) is 4.66. The quantitative estimate of drug-likeness (QED) is 0.827. The maximum Gasteiger partial charge on any atom is 0.323 e. The van der Waals surface area contributed by atoms with E-state index in [0.717, 1.165) is 19.4 Å². The minimum absolute atomic E-state index is 0.189. The Kier molecular flexibility index (Phi) is 5.96. The normalized spacial score (nSPS) is 16.8. The molecule has 2 amide bonds. The third-order valence-electron chi connectivity index (χ3n) is 4.21. The molecule has 0 saturated carbocycles. The van der Waals surface area contributed by atoms with Gasteiger partial charge in [-0.3, -0.25) is 4.68 Å². The van der Waals surface area contributed by atoms with Gasteiger partial charge >= 0.3 is 6.03 Å². The maximum absolute atomic E-state index is 12.2. The Hall–Kier alpha value is -2.74. The Morgan fingerprint density at radius 2 is 2.19 bits per heavy atom. The minimum atomic E-state index is -0.373. The van der Waals surface area contributed by atoms with Crippen LogP contribution < -0.4 is 20.1 Å². The number of carbonyl (C=O) groups is 1. The molecule has 1 aromatic carbocycles. The van der Waals surface area contributed by atoms with Gasteiger partial charge in [0, 0.05) is 18.9 Å². The van der Waals surface area contributed by atoms with Crippen LogP contribution in [-0.4, -0.2) is 42.7 Å². The van der Waals surface area contributed by atoms with Crippen molar-refractivity contribution in [3.8, 4) is 11.5 Å². The predicted molar refractivity (Wildman–Crippen MR) is 98.0 cm³/mol. The summed E-state index contributed by atoms with van der Waals surface area (Å²) < 4.78 is 17.9. The van der Waals surface area contributed by atoms with Crippen LogP contribution in [0, 0.1) is 0 Å². The molecule has 8 heteroatoms. The fourth-order valence-electron chi connectivity index (χ4n) is 2.87. The zero-order valence-corrected chi connectivity index (χ0v) is 15.0. The number of hydrogen-bond donors (Lipinski definition) is 2. The number of aromatic nitrogens is 2. The first-order valence-electron chi connectivity index (χ1n) is 8.62. The lowest BCUT2D eigenvalue weighted by Crippen LogP contribution is -2.24. The van der Waals surface area contributed by atoms with E-state index in [1.54, 1.807) is 42.4 Å². The first kappa shape index (κ1) is 18.1. The second-order valence-corrected chi connectivity index (χ2v) is 6.08. The van der Waals surface area contributed by atoms with E-state index < -0.39 is 0 Å². The van der Waals surface area contributed by atoms with Crippen molar-refractivity contribution in [3.63, 3.8) is 0 Å². The van der Waals surface area contributed by atoms with Crippen LogP contribution in [0.5, 0.6) is 11.5 Å². The van der Waals surface area contributed by atoms with Crippen molar-refractivity contribution in [2.75, 3.05) is 31.5 Å². The molecule has 2 N–H and O–H groups in total. The molecular formula is C18H24N4O4. The molecule has 140 valence electrons. The van der Waals surface area contributed by atoms with Crippen molar-refractivity contribution in [1.29, 1.82) is 0 Å². The number of anilines is 2. The van der Waals surface area contributed by atoms with Crippen molar-refractivity contribution in [1.82, 2.24) is 9.78 Å². The molecule has 2 aromatic rings. The van der Waals surface area contributed by atoms with Gasteiger partial charge in [-0.1, -0.05) is 0 Å². The van der Waals surface area contributed by atoms with Crippen LogP contribution in [0.1, 0.15) is 19.3 Å². The molecule has 1 fully saturated rings. The molecule has 1 aromatic heterocycles. The summed E-state index contributed by atoms with van der Waals surface area (Å²) in [6.07, 6.45) is 6.95. The highest BCUT2D eigenvalue weighted by atomic mass is 16.5. The number of ether oxygens (including phenoxy) is 3. The second-order valence-electron chi connectivity index (χ2n) is 6.08. The summed E-state index contributed by atoms with van der Waals surface area (Å²) in [5.74, 6) is 1.17. The molecule has 0 aliphatic carbocycles. The predicted octanol–water partition coefficient (Wildman–Crippen LogP) is 3.11. The number of nitrogens with one attached hydrogen (secondary N) is 2. The fourth-order valence-corrected chi connectivity index (χ4v) is 2.87. The first-order valence-corrected chi connectivity index (χ1v) is 8.62. The van der Waals surface area contributed by atoms with Gasteiger partial charge in [0.1, 0.15) is 11.5 Å². The molecule has 0 bridgehead atoms. The summed E-state index contributed by atoms with van der Waals surface area (Å²) in [5, 5.41) is 9.81. The molecule has 1 saturated heterocycles. The van der Waals surface area contributed by atoms with Gasteiger partial charge < -0.3 is 24.8 Å². The van der Waals surface area contributed by atoms with Crippen LogP contribution in [0.2, 0.25) is 0 Å². The highest BCUT2D eigenvalue weighted by molar-refractivity contribution is 6.00. The van der Waals surface area contributed by atoms with Crippen LogP contribution in [-0.2, 0) is 11.3 Å². The molecular weight excluding hydrogens is 336 g/mol. The molecule has 1 unspecified atom stereocenters. The number of benzene rings is 1. The van der Waals surface area contributed by atoms with Crippen LogP contribution in [0.25, 0.3) is 0 Å². The van der Waals surface area contributed by atoms with Crippen LogP contribution in [0.4, 0.5) is 16.2 Å². The van der Waals surface area contributed by atoms with Crippen molar-refractivity contribution >= 4 is 17.4 Å². The van der Waals surface area contributed by atoms with Gasteiger partial charge in [0.25, 0.3) is 0 Å². The Morgan fingerprint density at radius 3 is 2.92 bits per heavy atom. The van der Waals surface area contributed by atoms with Crippen molar-refractivity contribution in [2.24, 2.45) is 0 Å². The SMILES string of the molecule is COc1ccc(NC(=O)Nc2cnn(CC3CCCCO3)c2)c(OC)c1. The maximum atomic E-state index is 12.2. The van der Waals surface area contributed by atoms with Gasteiger partial charge in [0.2, 0.25) is 0 Å². The molecule has 26 heavy (non-hydrogen) atoms. The van der Waals surface area contributed by atoms with Gasteiger partial charge in [-0.25, -0.2) is 4.79 Å². The summed E-state index contributed by atoms with van der Waals surface area (Å²) in [6.45, 7) is 1.50. The monoisotopic (exact) mass is 360 g/mol. The smallest absolute Gasteiger partial charge is 0.323 e. The van der Waals surface area contributed by atoms with E-state index in [1.165, 1.54) is 13.5 Å². The van der Waals surface area contributed by atoms with Crippen LogP contribution in [0.15, 0.2) is 30.6 Å². The molecule has 1 atom stereocenters. The molecule has 8 nitrogen and oxygen atoms in total. The molecule has 3 rings (SSSR count). The Morgan fingerprint density at radius 1 is 1.31 bits per heavy atom. The average molecular weight is 360 g/mol. The Labute approximate surface area is 152 Å². The summed E-state index contributed by atoms with van der Waals surface area (Å²) in [7, 11) is 3.11. The summed E-state index contributed by atoms with van der Waals surface area (Å²) in [6, 6.07) is 4.81. The summed E-state index contributed by atoms with van der Waals surface area (Å²) in [4.78, 5) is 12.2. The second kappa shape index (κ2) is 8.57. The van der Waals surface area contributed by atoms with Crippen molar-refractivity contribution < 1.29 is 19.0 Å². The molecule has 0 radical (unpaired) electrons. The third-order valence-corrected chi connectivity index (χ3v) is 4.21. The van der Waals surface area contributed by atoms with Crippen LogP contribution in [0.3, 0.4) is 0 Å². The standard InChI is InChI=1S/C18H24N4O4/c1-24-14-6-7-16(17(9-14)25-2)21-18(23)20-13-10-19-22(11-13)12-15-5-3-4-8-26-15/h6-7,9-11,15H,3-5,8,12H2,1-2H3,(H2,20,21,23). The van der Waals surface area contributed by atoms with Gasteiger partial charge in [0.15, 0.2) is 0 Å². The van der Waals surface area contributed by atoms with Gasteiger partial charge in [-0.15, -0.1) is 0 Å². The lowest BCUT2D eigenvalue weighted by atomic mass is 10.1. The van der Waals surface area contributed by atoms with E-state index in [4.69, 9.17) is 14.2 Å². The average Bonchev–Trinajstić information content (AvgIpc) is 3.09. The highest BCUT2D eigenvalue weighted by Crippen LogP contribution is 2.29. The number of urea groups is 1. The molecule has 1 aliphatic rings. The van der Waals surface area contributed by atoms with Gasteiger partial charge in [-0.05, 0) is 31.4 Å². The van der Waals surface area contributed by atoms with E-state index in [9.17, 15) is 4.79 Å². The Bertz CT molecular complexity index is 741. The minimum Gasteiger partial charge on any atom is -0.497 e. The molecule has 0 spiro atoms. The molecule has 1 aliphatic heterocycles. The number of hydrogen-bond acceptors (Lipinski definition) is 5. The van der Waals surface area contributed by atoms with Gasteiger partial charge in [-0.2, -0.15) is 5.10 Å². The van der Waals surface area contributed by atoms with E-state index in [0.29, 0.717) is 29.4 Å². The molecule has 2 heterocycles. The van der Waals surface area contributed by atoms with E-state index in [-0.39, 0.29) is 12.1 Å². The van der Waals surface area contributed by atoms with Crippen molar-refractivity contribution in [3.05, 3.63) is 30.6 Å². The number of carbonyl (C=O) groups excluding carboxylic acids is 1. The fraction of sp³-hybridized carbons (Fsp3) is 0.444. The number of amides is 2. The van der Waals surface area contributed by atoms with Gasteiger partial charge in [0.05, 0.1) is 44.4 Å². The first-order chi connectivity index (χ1) is 12.7. The Balaban J connectivity index is 1.56. The summed E-state index contributed by atoms with van der Waals surface area (Å²) >= 11 is 0. The lowest BCUT2D eigenvalue weighted by molar-refractivity contribution is 0.00401. The highest BCUT2D eigenvalue weighted by Gasteiger charge is 2.15. The zero-order valence-electron chi connectivity index (χ0n) is 15.0. The zero-order chi connectivity index (χ0) is 18.4. The number of nitrogens with zero attached hydrogens (tertiary/aromatic N) is 2. The van der Waals surface area contributed by atoms with E-state index >= 15 is 0 Å². The lowest BCUT2D eigenvalue weighted by Gasteiger charge is -2.22. The van der Waals surface area contributed by atoms with E-state index in [2.05, 4.69) is 15.7 Å². The largest absolute Gasteiger partial charge is 0.497 e. The summed E-state index contributed by atoms with van der Waals surface area (Å²) in [5.41, 5.74) is 1.17. The topological polar surface area (TPSA) is 86.6 Å². The number of methoxy groups -OCH3 is 2. The number of rotatable bonds is 6.